The van der Waals surface area contributed by atoms with Gasteiger partial charge in [0.1, 0.15) is 6.10 Å². The molecule has 1 aliphatic carbocycles. The van der Waals surface area contributed by atoms with Crippen LogP contribution in [0.1, 0.15) is 44.9 Å². The van der Waals surface area contributed by atoms with Gasteiger partial charge < -0.3 is 15.4 Å². The summed E-state index contributed by atoms with van der Waals surface area (Å²) in [7, 11) is 0. The van der Waals surface area contributed by atoms with Crippen molar-refractivity contribution in [2.24, 2.45) is 5.73 Å². The van der Waals surface area contributed by atoms with Gasteiger partial charge >= 0.3 is 0 Å². The summed E-state index contributed by atoms with van der Waals surface area (Å²) in [6.07, 6.45) is 7.22. The second-order valence-electron chi connectivity index (χ2n) is 5.23. The fourth-order valence-electron chi connectivity index (χ4n) is 2.89. The van der Waals surface area contributed by atoms with Crippen LogP contribution in [0.5, 0.6) is 0 Å². The molecule has 0 aromatic carbocycles. The Labute approximate surface area is 114 Å². The zero-order chi connectivity index (χ0) is 13.0. The molecule has 2 aliphatic rings. The van der Waals surface area contributed by atoms with Gasteiger partial charge in [0.05, 0.1) is 11.5 Å². The molecule has 0 radical (unpaired) electrons. The van der Waals surface area contributed by atoms with Crippen LogP contribution in [-0.2, 0) is 9.53 Å². The first kappa shape index (κ1) is 13.7. The van der Waals surface area contributed by atoms with E-state index in [4.69, 9.17) is 22.7 Å². The third kappa shape index (κ3) is 3.42. The number of carbonyl (C=O) groups is 1. The third-order valence-electron chi connectivity index (χ3n) is 3.83. The summed E-state index contributed by atoms with van der Waals surface area (Å²) in [6.45, 7) is 1.10. The molecule has 18 heavy (non-hydrogen) atoms. The number of nitrogens with two attached hydrogens (primary N) is 1. The Kier molecular flexibility index (Phi) is 4.95. The van der Waals surface area contributed by atoms with Crippen molar-refractivity contribution < 1.29 is 9.53 Å². The van der Waals surface area contributed by atoms with Crippen LogP contribution in [0, 0.1) is 0 Å². The first-order valence-electron chi connectivity index (χ1n) is 6.89. The Bertz CT molecular complexity index is 310. The Morgan fingerprint density at radius 2 is 1.89 bits per heavy atom. The highest BCUT2D eigenvalue weighted by Gasteiger charge is 2.32. The van der Waals surface area contributed by atoms with Crippen molar-refractivity contribution >= 4 is 23.1 Å². The highest BCUT2D eigenvalue weighted by Crippen LogP contribution is 2.25. The van der Waals surface area contributed by atoms with Gasteiger partial charge in [-0.15, -0.1) is 0 Å². The molecule has 2 fully saturated rings. The molecule has 102 valence electrons. The van der Waals surface area contributed by atoms with Crippen LogP contribution in [0.25, 0.3) is 0 Å². The van der Waals surface area contributed by atoms with Crippen molar-refractivity contribution in [1.82, 2.24) is 4.90 Å². The molecule has 1 amide bonds. The summed E-state index contributed by atoms with van der Waals surface area (Å²) in [4.78, 5) is 14.8. The zero-order valence-corrected chi connectivity index (χ0v) is 11.6. The van der Waals surface area contributed by atoms with Crippen LogP contribution in [0.4, 0.5) is 0 Å². The van der Waals surface area contributed by atoms with Crippen molar-refractivity contribution in [2.75, 3.05) is 13.2 Å². The number of ether oxygens (including phenoxy) is 1. The number of hydrogen-bond donors (Lipinski definition) is 1. The van der Waals surface area contributed by atoms with E-state index in [1.165, 1.54) is 12.8 Å². The molecule has 1 saturated carbocycles. The van der Waals surface area contributed by atoms with Gasteiger partial charge in [0.25, 0.3) is 5.91 Å². The fourth-order valence-corrected chi connectivity index (χ4v) is 3.03. The van der Waals surface area contributed by atoms with E-state index in [9.17, 15) is 4.79 Å². The molecule has 0 aromatic heterocycles. The first-order valence-corrected chi connectivity index (χ1v) is 7.29. The summed E-state index contributed by atoms with van der Waals surface area (Å²) >= 11 is 4.97. The van der Waals surface area contributed by atoms with Crippen LogP contribution >= 0.6 is 12.2 Å². The molecule has 1 aliphatic heterocycles. The maximum atomic E-state index is 12.5. The molecule has 2 rings (SSSR count). The molecule has 5 heteroatoms. The number of hydrogen-bond acceptors (Lipinski definition) is 3. The lowest BCUT2D eigenvalue weighted by Crippen LogP contribution is -2.49. The predicted molar refractivity (Wildman–Crippen MR) is 74.3 cm³/mol. The van der Waals surface area contributed by atoms with Crippen LogP contribution < -0.4 is 5.73 Å². The van der Waals surface area contributed by atoms with Crippen LogP contribution in [-0.4, -0.2) is 41.1 Å². The smallest absolute Gasteiger partial charge is 0.252 e. The second-order valence-corrected chi connectivity index (χ2v) is 5.75. The molecule has 1 saturated heterocycles. The van der Waals surface area contributed by atoms with E-state index in [0.29, 0.717) is 24.2 Å². The van der Waals surface area contributed by atoms with Crippen LogP contribution in [0.2, 0.25) is 0 Å². The third-order valence-corrected chi connectivity index (χ3v) is 3.96. The van der Waals surface area contributed by atoms with Crippen molar-refractivity contribution in [3.63, 3.8) is 0 Å². The van der Waals surface area contributed by atoms with Crippen molar-refractivity contribution in [1.29, 1.82) is 0 Å². The SMILES string of the molecule is NC(=S)CN(C(=O)C1CCCCO1)C1CCCC1. The average molecular weight is 270 g/mol. The van der Waals surface area contributed by atoms with E-state index in [0.717, 1.165) is 32.1 Å². The predicted octanol–water partition coefficient (Wildman–Crippen LogP) is 1.61. The highest BCUT2D eigenvalue weighted by molar-refractivity contribution is 7.80. The molecule has 1 unspecified atom stereocenters. The first-order chi connectivity index (χ1) is 8.68. The molecule has 0 aromatic rings. The van der Waals surface area contributed by atoms with E-state index < -0.39 is 0 Å². The molecule has 4 nitrogen and oxygen atoms in total. The largest absolute Gasteiger partial charge is 0.392 e. The average Bonchev–Trinajstić information content (AvgIpc) is 2.89. The van der Waals surface area contributed by atoms with Crippen molar-refractivity contribution in [3.05, 3.63) is 0 Å². The number of carbonyl (C=O) groups excluding carboxylic acids is 1. The van der Waals surface area contributed by atoms with Crippen molar-refractivity contribution in [3.8, 4) is 0 Å². The van der Waals surface area contributed by atoms with Crippen LogP contribution in [0.15, 0.2) is 0 Å². The van der Waals surface area contributed by atoms with Gasteiger partial charge in [-0.05, 0) is 32.1 Å². The van der Waals surface area contributed by atoms with Gasteiger partial charge in [0.2, 0.25) is 0 Å². The summed E-state index contributed by atoms with van der Waals surface area (Å²) in [5.74, 6) is 0.0920. The van der Waals surface area contributed by atoms with Crippen LogP contribution in [0.3, 0.4) is 0 Å². The molecule has 2 N–H and O–H groups in total. The van der Waals surface area contributed by atoms with Gasteiger partial charge in [-0.25, -0.2) is 0 Å². The van der Waals surface area contributed by atoms with E-state index in [1.807, 2.05) is 4.90 Å². The number of rotatable bonds is 4. The van der Waals surface area contributed by atoms with E-state index >= 15 is 0 Å². The van der Waals surface area contributed by atoms with Gasteiger partial charge in [0.15, 0.2) is 0 Å². The molecule has 0 bridgehead atoms. The lowest BCUT2D eigenvalue weighted by molar-refractivity contribution is -0.147. The quantitative estimate of drug-likeness (QED) is 0.789. The summed E-state index contributed by atoms with van der Waals surface area (Å²) < 4.78 is 5.59. The summed E-state index contributed by atoms with van der Waals surface area (Å²) in [5, 5.41) is 0. The minimum absolute atomic E-state index is 0.0920. The molecule has 1 atom stereocenters. The van der Waals surface area contributed by atoms with Gasteiger partial charge in [-0.3, -0.25) is 4.79 Å². The maximum absolute atomic E-state index is 12.5. The van der Waals surface area contributed by atoms with Crippen molar-refractivity contribution in [2.45, 2.75) is 57.1 Å². The number of thiocarbonyl (C=S) groups is 1. The zero-order valence-electron chi connectivity index (χ0n) is 10.8. The van der Waals surface area contributed by atoms with Gasteiger partial charge in [-0.2, -0.15) is 0 Å². The maximum Gasteiger partial charge on any atom is 0.252 e. The Morgan fingerprint density at radius 1 is 1.22 bits per heavy atom. The Morgan fingerprint density at radius 3 is 2.44 bits per heavy atom. The molecule has 1 heterocycles. The number of amides is 1. The monoisotopic (exact) mass is 270 g/mol. The lowest BCUT2D eigenvalue weighted by atomic mass is 10.1. The molecule has 0 spiro atoms. The minimum Gasteiger partial charge on any atom is -0.392 e. The van der Waals surface area contributed by atoms with E-state index in [1.54, 1.807) is 0 Å². The topological polar surface area (TPSA) is 55.6 Å². The Balaban J connectivity index is 2.01. The molecular formula is C13H22N2O2S. The molecular weight excluding hydrogens is 248 g/mol. The van der Waals surface area contributed by atoms with Gasteiger partial charge in [0, 0.05) is 12.6 Å². The Hall–Kier alpha value is -0.680. The standard InChI is InChI=1S/C13H22N2O2S/c14-12(18)9-15(10-5-1-2-6-10)13(16)11-7-3-4-8-17-11/h10-11H,1-9H2,(H2,14,18). The summed E-state index contributed by atoms with van der Waals surface area (Å²) in [6, 6.07) is 0.310. The fraction of sp³-hybridized carbons (Fsp3) is 0.846. The van der Waals surface area contributed by atoms with E-state index in [2.05, 4.69) is 0 Å². The second kappa shape index (κ2) is 6.48. The highest BCUT2D eigenvalue weighted by atomic mass is 32.1. The minimum atomic E-state index is -0.270. The number of nitrogens with zero attached hydrogens (tertiary/aromatic N) is 1. The normalized spacial score (nSPS) is 25.0. The lowest BCUT2D eigenvalue weighted by Gasteiger charge is -2.33. The van der Waals surface area contributed by atoms with Gasteiger partial charge in [-0.1, -0.05) is 25.1 Å². The summed E-state index contributed by atoms with van der Waals surface area (Å²) in [5.41, 5.74) is 5.63. The van der Waals surface area contributed by atoms with E-state index in [-0.39, 0.29) is 12.0 Å².